The first-order chi connectivity index (χ1) is 13.2. The van der Waals surface area contributed by atoms with Crippen molar-refractivity contribution in [1.82, 2.24) is 4.90 Å². The summed E-state index contributed by atoms with van der Waals surface area (Å²) in [5.41, 5.74) is 1.45. The molecule has 4 heteroatoms. The number of hydrogen-bond donors (Lipinski definition) is 0. The second kappa shape index (κ2) is 12.1. The Kier molecular flexibility index (Phi) is 13.1. The average Bonchev–Trinajstić information content (AvgIpc) is 2.33. The number of quaternary nitrogens is 2. The maximum Gasteiger partial charge on any atom is 0.0914 e. The Hall–Kier alpha value is 0.310. The topological polar surface area (TPSA) is 3.24 Å². The monoisotopic (exact) mass is 462 g/mol. The van der Waals surface area contributed by atoms with Crippen molar-refractivity contribution in [2.75, 3.05) is 101 Å². The summed E-state index contributed by atoms with van der Waals surface area (Å²) in [7, 11) is 10.8. The second-order valence-electron chi connectivity index (χ2n) is 16.1. The van der Waals surface area contributed by atoms with Gasteiger partial charge in [0.25, 0.3) is 0 Å². The Bertz CT molecular complexity index is 421. The van der Waals surface area contributed by atoms with E-state index >= 15 is 0 Å². The van der Waals surface area contributed by atoms with Crippen LogP contribution in [0.1, 0.15) is 62.3 Å². The van der Waals surface area contributed by atoms with Gasteiger partial charge in [0.1, 0.15) is 0 Å². The molecule has 0 spiro atoms. The summed E-state index contributed by atoms with van der Waals surface area (Å²) in [5.74, 6) is 0. The molecule has 1 heterocycles. The van der Waals surface area contributed by atoms with Gasteiger partial charge in [0.2, 0.25) is 0 Å². The van der Waals surface area contributed by atoms with Crippen molar-refractivity contribution in [3.8, 4) is 0 Å². The first-order valence-electron chi connectivity index (χ1n) is 12.4. The van der Waals surface area contributed by atoms with Crippen molar-refractivity contribution in [1.29, 1.82) is 0 Å². The van der Waals surface area contributed by atoms with E-state index in [1.807, 2.05) is 0 Å². The summed E-state index contributed by atoms with van der Waals surface area (Å²) in [6.45, 7) is 35.7. The van der Waals surface area contributed by atoms with Crippen LogP contribution in [0.25, 0.3) is 0 Å². The highest BCUT2D eigenvalue weighted by Crippen LogP contribution is 2.50. The fourth-order valence-electron chi connectivity index (χ4n) is 5.20. The molecular weight excluding hydrogens is 397 g/mol. The van der Waals surface area contributed by atoms with Gasteiger partial charge in [0.05, 0.1) is 60.5 Å². The number of likely N-dealkylation sites (N-methyl/N-ethyl adjacent to an activating group) is 2. The predicted molar refractivity (Wildman–Crippen MR) is 149 cm³/mol. The lowest BCUT2D eigenvalue weighted by Gasteiger charge is -2.44. The van der Waals surface area contributed by atoms with E-state index in [4.69, 9.17) is 0 Å². The van der Waals surface area contributed by atoms with Crippen LogP contribution in [0.4, 0.5) is 0 Å². The SMILES string of the molecule is CC(C)(C)C[N+](C)(C)C.CC(C)(C)C[P+](C)(C)C.CN1CC[N+](C)(CC(C)(C)C)CC1. The molecule has 1 saturated heterocycles. The van der Waals surface area contributed by atoms with Gasteiger partial charge < -0.3 is 8.97 Å². The number of nitrogens with zero attached hydrogens (tertiary/aromatic N) is 3. The van der Waals surface area contributed by atoms with E-state index < -0.39 is 7.26 Å². The van der Waals surface area contributed by atoms with E-state index in [0.717, 1.165) is 4.48 Å². The van der Waals surface area contributed by atoms with Crippen molar-refractivity contribution in [3.63, 3.8) is 0 Å². The molecular formula is C27H65N3P+3. The molecule has 0 atom stereocenters. The lowest BCUT2D eigenvalue weighted by molar-refractivity contribution is -0.919. The molecule has 190 valence electrons. The van der Waals surface area contributed by atoms with Crippen molar-refractivity contribution in [2.24, 2.45) is 16.2 Å². The van der Waals surface area contributed by atoms with Crippen LogP contribution < -0.4 is 0 Å². The molecule has 0 aliphatic carbocycles. The van der Waals surface area contributed by atoms with Gasteiger partial charge >= 0.3 is 0 Å². The largest absolute Gasteiger partial charge is 0.330 e. The van der Waals surface area contributed by atoms with E-state index in [1.54, 1.807) is 0 Å². The molecule has 0 unspecified atom stereocenters. The van der Waals surface area contributed by atoms with E-state index in [2.05, 4.69) is 122 Å². The Balaban J connectivity index is 0. The Morgan fingerprint density at radius 3 is 1.29 bits per heavy atom. The molecule has 0 aromatic rings. The van der Waals surface area contributed by atoms with Gasteiger partial charge in [-0.25, -0.2) is 0 Å². The molecule has 3 nitrogen and oxygen atoms in total. The minimum atomic E-state index is -0.537. The Morgan fingerprint density at radius 2 is 1.13 bits per heavy atom. The minimum Gasteiger partial charge on any atom is -0.330 e. The predicted octanol–water partition coefficient (Wildman–Crippen LogP) is 6.10. The molecule has 0 saturated carbocycles. The van der Waals surface area contributed by atoms with Gasteiger partial charge in [-0.3, -0.25) is 4.90 Å². The molecule has 1 aliphatic heterocycles. The van der Waals surface area contributed by atoms with Crippen LogP contribution in [0.5, 0.6) is 0 Å². The van der Waals surface area contributed by atoms with E-state index in [1.165, 1.54) is 49.9 Å². The molecule has 1 fully saturated rings. The third-order valence-electron chi connectivity index (χ3n) is 4.80. The fourth-order valence-corrected chi connectivity index (χ4v) is 8.04. The first kappa shape index (κ1) is 33.5. The highest BCUT2D eigenvalue weighted by Gasteiger charge is 2.31. The fraction of sp³-hybridized carbons (Fsp3) is 1.00. The quantitative estimate of drug-likeness (QED) is 0.362. The smallest absolute Gasteiger partial charge is 0.0914 e. The summed E-state index contributed by atoms with van der Waals surface area (Å²) in [4.78, 5) is 2.43. The lowest BCUT2D eigenvalue weighted by atomic mass is 9.94. The number of piperazine rings is 1. The lowest BCUT2D eigenvalue weighted by Crippen LogP contribution is -2.58. The maximum atomic E-state index is 2.43. The van der Waals surface area contributed by atoms with Crippen LogP contribution in [-0.4, -0.2) is 115 Å². The molecule has 0 aromatic carbocycles. The van der Waals surface area contributed by atoms with Gasteiger partial charge in [-0.15, -0.1) is 0 Å². The third kappa shape index (κ3) is 26.4. The average molecular weight is 463 g/mol. The summed E-state index contributed by atoms with van der Waals surface area (Å²) < 4.78 is 2.32. The van der Waals surface area contributed by atoms with Gasteiger partial charge in [0, 0.05) is 51.2 Å². The molecule has 0 N–H and O–H groups in total. The third-order valence-corrected chi connectivity index (χ3v) is 6.69. The highest BCUT2D eigenvalue weighted by molar-refractivity contribution is 7.73. The normalized spacial score (nSPS) is 18.5. The van der Waals surface area contributed by atoms with Gasteiger partial charge in [-0.1, -0.05) is 62.3 Å². The number of hydrogen-bond acceptors (Lipinski definition) is 1. The molecule has 0 bridgehead atoms. The zero-order valence-electron chi connectivity index (χ0n) is 25.2. The summed E-state index contributed by atoms with van der Waals surface area (Å²) in [5, 5.41) is 0. The van der Waals surface area contributed by atoms with E-state index in [9.17, 15) is 0 Å². The van der Waals surface area contributed by atoms with Crippen LogP contribution in [-0.2, 0) is 0 Å². The van der Waals surface area contributed by atoms with Crippen LogP contribution in [0.3, 0.4) is 0 Å². The zero-order chi connectivity index (χ0) is 25.5. The van der Waals surface area contributed by atoms with E-state index in [0.29, 0.717) is 16.2 Å². The first-order valence-corrected chi connectivity index (χ1v) is 15.7. The molecule has 1 rings (SSSR count). The molecule has 1 aliphatic rings. The van der Waals surface area contributed by atoms with Gasteiger partial charge in [-0.05, 0) is 12.5 Å². The Labute approximate surface area is 200 Å². The zero-order valence-corrected chi connectivity index (χ0v) is 26.1. The second-order valence-corrected chi connectivity index (χ2v) is 21.0. The molecule has 0 radical (unpaired) electrons. The Morgan fingerprint density at radius 1 is 0.742 bits per heavy atom. The summed E-state index contributed by atoms with van der Waals surface area (Å²) >= 11 is 0. The van der Waals surface area contributed by atoms with Crippen molar-refractivity contribution in [3.05, 3.63) is 0 Å². The van der Waals surface area contributed by atoms with E-state index in [-0.39, 0.29) is 0 Å². The molecule has 0 aromatic heterocycles. The van der Waals surface area contributed by atoms with Gasteiger partial charge in [0.15, 0.2) is 0 Å². The van der Waals surface area contributed by atoms with Crippen LogP contribution in [0, 0.1) is 16.2 Å². The maximum absolute atomic E-state index is 2.43. The minimum absolute atomic E-state index is 0.457. The van der Waals surface area contributed by atoms with Crippen LogP contribution >= 0.6 is 7.26 Å². The molecule has 31 heavy (non-hydrogen) atoms. The van der Waals surface area contributed by atoms with Crippen molar-refractivity contribution < 1.29 is 8.97 Å². The standard InChI is InChI=1S/C11H25N2.C8H20N.C8H20P/c1-11(2,3)10-13(5)8-6-12(4)7-9-13;2*1-8(2,3)7-9(4,5)6/h6-10H2,1-5H3;2*7H2,1-6H3/q3*+1. The summed E-state index contributed by atoms with van der Waals surface area (Å²) in [6, 6.07) is 0. The van der Waals surface area contributed by atoms with Gasteiger partial charge in [-0.2, -0.15) is 0 Å². The van der Waals surface area contributed by atoms with Crippen LogP contribution in [0.15, 0.2) is 0 Å². The highest BCUT2D eigenvalue weighted by atomic mass is 31.2. The van der Waals surface area contributed by atoms with Crippen molar-refractivity contribution in [2.45, 2.75) is 62.3 Å². The van der Waals surface area contributed by atoms with Crippen LogP contribution in [0.2, 0.25) is 0 Å². The summed E-state index contributed by atoms with van der Waals surface area (Å²) in [6.07, 6.45) is 1.40. The van der Waals surface area contributed by atoms with Crippen molar-refractivity contribution >= 4 is 7.26 Å². The molecule has 0 amide bonds. The number of rotatable bonds is 3.